The molecule has 0 aliphatic heterocycles. The standard InChI is InChI=1S/C18H25F2NO3S/c1-17(2,3)25(23)21-15(7-8-18(4,5)16(22)24-6)12-9-13(19)11-14(20)10-12/h9-11H,7-8H2,1-6H3/t25-/m0/s1. The van der Waals surface area contributed by atoms with Crippen LogP contribution in [0.4, 0.5) is 8.78 Å². The number of benzene rings is 1. The largest absolute Gasteiger partial charge is 0.469 e. The first kappa shape index (κ1) is 21.4. The average Bonchev–Trinajstić information content (AvgIpc) is 2.48. The number of esters is 1. The van der Waals surface area contributed by atoms with E-state index in [1.165, 1.54) is 7.11 Å². The molecule has 0 bridgehead atoms. The topological polar surface area (TPSA) is 55.7 Å². The second-order valence-corrected chi connectivity index (χ2v) is 9.34. The predicted octanol–water partition coefficient (Wildman–Crippen LogP) is 4.20. The molecule has 4 nitrogen and oxygen atoms in total. The molecule has 0 radical (unpaired) electrons. The maximum absolute atomic E-state index is 13.6. The molecular weight excluding hydrogens is 348 g/mol. The Kier molecular flexibility index (Phi) is 6.99. The zero-order valence-electron chi connectivity index (χ0n) is 15.5. The van der Waals surface area contributed by atoms with Gasteiger partial charge in [0.1, 0.15) is 22.6 Å². The highest BCUT2D eigenvalue weighted by molar-refractivity contribution is 7.85. The van der Waals surface area contributed by atoms with Gasteiger partial charge in [0.2, 0.25) is 0 Å². The van der Waals surface area contributed by atoms with Crippen molar-refractivity contribution in [3.05, 3.63) is 35.4 Å². The first-order valence-electron chi connectivity index (χ1n) is 7.91. The van der Waals surface area contributed by atoms with Crippen LogP contribution in [0.3, 0.4) is 0 Å². The summed E-state index contributed by atoms with van der Waals surface area (Å²) in [5, 5.41) is 0. The Balaban J connectivity index is 3.23. The van der Waals surface area contributed by atoms with Crippen LogP contribution >= 0.6 is 0 Å². The fraction of sp³-hybridized carbons (Fsp3) is 0.556. The Bertz CT molecular complexity index is 674. The number of nitrogens with zero attached hydrogens (tertiary/aromatic N) is 1. The SMILES string of the molecule is COC(=O)C(C)(C)CCC(=N[S@@](=O)C(C)(C)C)c1cc(F)cc(F)c1. The van der Waals surface area contributed by atoms with Gasteiger partial charge in [0.15, 0.2) is 0 Å². The van der Waals surface area contributed by atoms with E-state index in [0.717, 1.165) is 18.2 Å². The minimum atomic E-state index is -1.59. The third-order valence-corrected chi connectivity index (χ3v) is 5.07. The highest BCUT2D eigenvalue weighted by Crippen LogP contribution is 2.26. The van der Waals surface area contributed by atoms with Crippen LogP contribution in [0.1, 0.15) is 53.0 Å². The molecule has 0 aromatic heterocycles. The number of carbonyl (C=O) groups excluding carboxylic acids is 1. The summed E-state index contributed by atoms with van der Waals surface area (Å²) < 4.78 is 47.9. The summed E-state index contributed by atoms with van der Waals surface area (Å²) in [7, 11) is -0.294. The Hall–Kier alpha value is -1.63. The molecule has 1 aromatic carbocycles. The van der Waals surface area contributed by atoms with Gasteiger partial charge in [0.05, 0.1) is 23.0 Å². The summed E-state index contributed by atoms with van der Waals surface area (Å²) in [6, 6.07) is 3.06. The normalized spacial score (nSPS) is 14.3. The number of halogens is 2. The number of ether oxygens (including phenoxy) is 1. The first-order chi connectivity index (χ1) is 11.4. The van der Waals surface area contributed by atoms with Gasteiger partial charge in [-0.05, 0) is 59.6 Å². The maximum atomic E-state index is 13.6. The highest BCUT2D eigenvalue weighted by Gasteiger charge is 2.29. The summed E-state index contributed by atoms with van der Waals surface area (Å²) in [5.41, 5.74) is -0.288. The predicted molar refractivity (Wildman–Crippen MR) is 95.8 cm³/mol. The Morgan fingerprint density at radius 3 is 2.08 bits per heavy atom. The lowest BCUT2D eigenvalue weighted by Gasteiger charge is -2.22. The van der Waals surface area contributed by atoms with Crippen LogP contribution in [0.25, 0.3) is 0 Å². The number of rotatable bonds is 6. The molecule has 1 atom stereocenters. The van der Waals surface area contributed by atoms with E-state index in [-0.39, 0.29) is 12.0 Å². The van der Waals surface area contributed by atoms with E-state index >= 15 is 0 Å². The number of hydrogen-bond acceptors (Lipinski definition) is 3. The first-order valence-corrected chi connectivity index (χ1v) is 9.02. The van der Waals surface area contributed by atoms with E-state index in [9.17, 15) is 17.8 Å². The summed E-state index contributed by atoms with van der Waals surface area (Å²) in [5.74, 6) is -1.87. The van der Waals surface area contributed by atoms with Gasteiger partial charge in [-0.3, -0.25) is 4.79 Å². The van der Waals surface area contributed by atoms with Gasteiger partial charge >= 0.3 is 5.97 Å². The fourth-order valence-electron chi connectivity index (χ4n) is 2.01. The third kappa shape index (κ3) is 6.30. The monoisotopic (exact) mass is 373 g/mol. The Morgan fingerprint density at radius 1 is 1.12 bits per heavy atom. The van der Waals surface area contributed by atoms with Gasteiger partial charge in [-0.1, -0.05) is 0 Å². The Labute approximate surface area is 150 Å². The molecule has 0 saturated heterocycles. The molecule has 7 heteroatoms. The van der Waals surface area contributed by atoms with Gasteiger partial charge < -0.3 is 4.74 Å². The van der Waals surface area contributed by atoms with Gasteiger partial charge in [-0.15, -0.1) is 0 Å². The van der Waals surface area contributed by atoms with Crippen molar-refractivity contribution in [2.75, 3.05) is 7.11 Å². The molecule has 25 heavy (non-hydrogen) atoms. The lowest BCUT2D eigenvalue weighted by molar-refractivity contribution is -0.151. The second kappa shape index (κ2) is 8.17. The zero-order valence-corrected chi connectivity index (χ0v) is 16.3. The molecule has 0 heterocycles. The third-order valence-electron chi connectivity index (χ3n) is 3.64. The van der Waals surface area contributed by atoms with Crippen molar-refractivity contribution in [1.82, 2.24) is 0 Å². The van der Waals surface area contributed by atoms with Crippen LogP contribution in [-0.2, 0) is 20.5 Å². The summed E-state index contributed by atoms with van der Waals surface area (Å²) in [6.45, 7) is 8.70. The molecule has 140 valence electrons. The quantitative estimate of drug-likeness (QED) is 0.555. The van der Waals surface area contributed by atoms with E-state index in [0.29, 0.717) is 12.1 Å². The molecule has 0 amide bonds. The summed E-state index contributed by atoms with van der Waals surface area (Å²) >= 11 is 0. The van der Waals surface area contributed by atoms with Crippen molar-refractivity contribution in [3.8, 4) is 0 Å². The van der Waals surface area contributed by atoms with Crippen LogP contribution in [0.2, 0.25) is 0 Å². The molecule has 0 N–H and O–H groups in total. The van der Waals surface area contributed by atoms with E-state index < -0.39 is 38.8 Å². The van der Waals surface area contributed by atoms with Crippen LogP contribution in [0.5, 0.6) is 0 Å². The highest BCUT2D eigenvalue weighted by atomic mass is 32.2. The maximum Gasteiger partial charge on any atom is 0.311 e. The molecule has 0 aliphatic rings. The van der Waals surface area contributed by atoms with E-state index in [2.05, 4.69) is 4.40 Å². The molecular formula is C18H25F2NO3S. The lowest BCUT2D eigenvalue weighted by Crippen LogP contribution is -2.27. The van der Waals surface area contributed by atoms with E-state index in [4.69, 9.17) is 4.74 Å². The molecule has 0 unspecified atom stereocenters. The number of hydrogen-bond donors (Lipinski definition) is 0. The van der Waals surface area contributed by atoms with Gasteiger partial charge in [0, 0.05) is 11.6 Å². The van der Waals surface area contributed by atoms with Crippen molar-refractivity contribution in [3.63, 3.8) is 0 Å². The molecule has 1 rings (SSSR count). The minimum Gasteiger partial charge on any atom is -0.469 e. The van der Waals surface area contributed by atoms with E-state index in [1.807, 2.05) is 0 Å². The smallest absolute Gasteiger partial charge is 0.311 e. The zero-order chi connectivity index (χ0) is 19.4. The van der Waals surface area contributed by atoms with Crippen LogP contribution in [0, 0.1) is 17.0 Å². The molecule has 0 spiro atoms. The molecule has 0 saturated carbocycles. The number of carbonyl (C=O) groups is 1. The van der Waals surface area contributed by atoms with Crippen molar-refractivity contribution in [1.29, 1.82) is 0 Å². The van der Waals surface area contributed by atoms with Crippen LogP contribution in [-0.4, -0.2) is 27.7 Å². The molecule has 1 aromatic rings. The van der Waals surface area contributed by atoms with Crippen molar-refractivity contribution in [2.45, 2.75) is 52.2 Å². The van der Waals surface area contributed by atoms with Crippen molar-refractivity contribution in [2.24, 2.45) is 9.81 Å². The summed E-state index contributed by atoms with van der Waals surface area (Å²) in [6.07, 6.45) is 0.560. The molecule has 0 fully saturated rings. The van der Waals surface area contributed by atoms with Crippen LogP contribution in [0.15, 0.2) is 22.6 Å². The van der Waals surface area contributed by atoms with Gasteiger partial charge in [-0.2, -0.15) is 4.40 Å². The van der Waals surface area contributed by atoms with Gasteiger partial charge in [0.25, 0.3) is 0 Å². The lowest BCUT2D eigenvalue weighted by atomic mass is 9.86. The average molecular weight is 373 g/mol. The van der Waals surface area contributed by atoms with Crippen molar-refractivity contribution < 1.29 is 22.5 Å². The fourth-order valence-corrected chi connectivity index (χ4v) is 2.68. The minimum absolute atomic E-state index is 0.218. The Morgan fingerprint density at radius 2 is 1.64 bits per heavy atom. The number of methoxy groups -OCH3 is 1. The van der Waals surface area contributed by atoms with Crippen LogP contribution < -0.4 is 0 Å². The van der Waals surface area contributed by atoms with Crippen molar-refractivity contribution >= 4 is 22.7 Å². The summed E-state index contributed by atoms with van der Waals surface area (Å²) in [4.78, 5) is 11.8. The van der Waals surface area contributed by atoms with Gasteiger partial charge in [-0.25, -0.2) is 13.0 Å². The second-order valence-electron chi connectivity index (χ2n) is 7.43. The molecule has 0 aliphatic carbocycles. The van der Waals surface area contributed by atoms with E-state index in [1.54, 1.807) is 34.6 Å².